The molecule has 2 atom stereocenters. The van der Waals surface area contributed by atoms with Crippen LogP contribution < -0.4 is 5.32 Å². The summed E-state index contributed by atoms with van der Waals surface area (Å²) in [6.45, 7) is 4.81. The minimum Gasteiger partial charge on any atom is -0.507 e. The van der Waals surface area contributed by atoms with Crippen molar-refractivity contribution in [1.29, 1.82) is 0 Å². The molecule has 0 aromatic heterocycles. The van der Waals surface area contributed by atoms with Crippen LogP contribution in [0.25, 0.3) is 0 Å². The Hall–Kier alpha value is -2.12. The number of rotatable bonds is 5. The molecule has 4 N–H and O–H groups in total. The molecule has 0 fully saturated rings. The van der Waals surface area contributed by atoms with E-state index in [0.29, 0.717) is 6.29 Å². The van der Waals surface area contributed by atoms with Crippen molar-refractivity contribution in [2.45, 2.75) is 38.6 Å². The highest BCUT2D eigenvalue weighted by Gasteiger charge is 2.24. The molecule has 2 unspecified atom stereocenters. The lowest BCUT2D eigenvalue weighted by molar-refractivity contribution is 0.0119. The molecule has 1 amide bonds. The van der Waals surface area contributed by atoms with Gasteiger partial charge in [-0.2, -0.15) is 0 Å². The van der Waals surface area contributed by atoms with Crippen molar-refractivity contribution in [3.63, 3.8) is 0 Å². The van der Waals surface area contributed by atoms with Crippen molar-refractivity contribution in [3.8, 4) is 5.75 Å². The highest BCUT2D eigenvalue weighted by Crippen LogP contribution is 2.28. The number of hydrogen-bond acceptors (Lipinski definition) is 6. The van der Waals surface area contributed by atoms with Gasteiger partial charge >= 0.3 is 6.09 Å². The summed E-state index contributed by atoms with van der Waals surface area (Å²) in [7, 11) is 0. The number of benzene rings is 1. The molecule has 0 bridgehead atoms. The van der Waals surface area contributed by atoms with Crippen LogP contribution in [-0.4, -0.2) is 45.9 Å². The van der Waals surface area contributed by atoms with Crippen LogP contribution in [0.5, 0.6) is 5.75 Å². The first-order valence-electron chi connectivity index (χ1n) is 6.75. The van der Waals surface area contributed by atoms with Gasteiger partial charge < -0.3 is 25.4 Å². The fourth-order valence-electron chi connectivity index (χ4n) is 1.73. The van der Waals surface area contributed by atoms with Crippen LogP contribution in [0, 0.1) is 0 Å². The van der Waals surface area contributed by atoms with Crippen LogP contribution >= 0.6 is 0 Å². The summed E-state index contributed by atoms with van der Waals surface area (Å²) in [5, 5.41) is 32.0. The molecule has 0 saturated carbocycles. The number of alkyl carbamates (subject to hydrolysis) is 1. The van der Waals surface area contributed by atoms with E-state index in [0.717, 1.165) is 0 Å². The largest absolute Gasteiger partial charge is 0.507 e. The number of hydrogen-bond donors (Lipinski definition) is 4. The predicted octanol–water partition coefficient (Wildman–Crippen LogP) is 1.12. The number of phenolic OH excluding ortho intramolecular Hbond substituents is 1. The van der Waals surface area contributed by atoms with E-state index in [-0.39, 0.29) is 17.7 Å². The van der Waals surface area contributed by atoms with Crippen LogP contribution in [0.4, 0.5) is 4.79 Å². The molecule has 0 aliphatic carbocycles. The van der Waals surface area contributed by atoms with Gasteiger partial charge in [0, 0.05) is 12.1 Å². The molecule has 7 heteroatoms. The molecule has 0 heterocycles. The third-order valence-electron chi connectivity index (χ3n) is 2.76. The molecule has 1 aromatic rings. The maximum absolute atomic E-state index is 11.5. The van der Waals surface area contributed by atoms with Crippen LogP contribution in [0.1, 0.15) is 42.8 Å². The number of para-hydroxylation sites is 1. The van der Waals surface area contributed by atoms with Crippen LogP contribution in [0.3, 0.4) is 0 Å². The Labute approximate surface area is 128 Å². The number of aliphatic hydroxyl groups excluding tert-OH is 2. The second kappa shape index (κ2) is 7.24. The van der Waals surface area contributed by atoms with E-state index in [1.54, 1.807) is 20.8 Å². The van der Waals surface area contributed by atoms with Gasteiger partial charge in [0.15, 0.2) is 6.29 Å². The molecule has 7 nitrogen and oxygen atoms in total. The molecule has 1 rings (SSSR count). The number of aromatic hydroxyl groups is 1. The summed E-state index contributed by atoms with van der Waals surface area (Å²) in [5.74, 6) is -0.402. The number of carbonyl (C=O) groups is 2. The monoisotopic (exact) mass is 311 g/mol. The number of phenols is 1. The first-order chi connectivity index (χ1) is 10.2. The average Bonchev–Trinajstić information content (AvgIpc) is 2.42. The minimum atomic E-state index is -1.46. The number of aliphatic hydroxyl groups is 2. The first-order valence-corrected chi connectivity index (χ1v) is 6.75. The van der Waals surface area contributed by atoms with Crippen molar-refractivity contribution in [1.82, 2.24) is 5.32 Å². The molecule has 0 aliphatic heterocycles. The molecule has 122 valence electrons. The summed E-state index contributed by atoms with van der Waals surface area (Å²) in [5.41, 5.74) is -0.670. The lowest BCUT2D eigenvalue weighted by atomic mass is 10.0. The van der Waals surface area contributed by atoms with Gasteiger partial charge in [0.25, 0.3) is 0 Å². The smallest absolute Gasteiger partial charge is 0.407 e. The Morgan fingerprint density at radius 1 is 1.36 bits per heavy atom. The number of aldehydes is 1. The van der Waals surface area contributed by atoms with Gasteiger partial charge in [0.2, 0.25) is 0 Å². The molecule has 22 heavy (non-hydrogen) atoms. The fourth-order valence-corrected chi connectivity index (χ4v) is 1.73. The summed E-state index contributed by atoms with van der Waals surface area (Å²) >= 11 is 0. The number of carbonyl (C=O) groups excluding carboxylic acids is 2. The standard InChI is InChI=1S/C15H21NO6/c1-15(2,3)22-14(21)16-7-11(18)13(20)10-6-4-5-9(8-17)12(10)19/h4-6,8,11,13,18-20H,7H2,1-3H3,(H,16,21). The van der Waals surface area contributed by atoms with E-state index in [2.05, 4.69) is 5.32 Å². The van der Waals surface area contributed by atoms with E-state index >= 15 is 0 Å². The highest BCUT2D eigenvalue weighted by molar-refractivity contribution is 5.80. The second-order valence-electron chi connectivity index (χ2n) is 5.80. The Morgan fingerprint density at radius 3 is 2.55 bits per heavy atom. The lowest BCUT2D eigenvalue weighted by Gasteiger charge is -2.22. The first kappa shape index (κ1) is 17.9. The van der Waals surface area contributed by atoms with Gasteiger partial charge in [-0.25, -0.2) is 4.79 Å². The van der Waals surface area contributed by atoms with Crippen LogP contribution in [-0.2, 0) is 4.74 Å². The predicted molar refractivity (Wildman–Crippen MR) is 78.7 cm³/mol. The Balaban J connectivity index is 2.68. The SMILES string of the molecule is CC(C)(C)OC(=O)NCC(O)C(O)c1cccc(C=O)c1O. The summed E-state index contributed by atoms with van der Waals surface area (Å²) in [6, 6.07) is 4.23. The van der Waals surface area contributed by atoms with Crippen molar-refractivity contribution >= 4 is 12.4 Å². The zero-order valence-corrected chi connectivity index (χ0v) is 12.7. The molecule has 0 aliphatic rings. The number of amides is 1. The lowest BCUT2D eigenvalue weighted by Crippen LogP contribution is -2.38. The van der Waals surface area contributed by atoms with Gasteiger partial charge in [0.1, 0.15) is 23.6 Å². The normalized spacial score (nSPS) is 14.0. The highest BCUT2D eigenvalue weighted by atomic mass is 16.6. The summed E-state index contributed by atoms with van der Waals surface area (Å²) in [4.78, 5) is 22.2. The number of ether oxygens (including phenoxy) is 1. The molecular formula is C15H21NO6. The Bertz CT molecular complexity index is 537. The van der Waals surface area contributed by atoms with Gasteiger partial charge in [-0.1, -0.05) is 12.1 Å². The van der Waals surface area contributed by atoms with E-state index in [1.807, 2.05) is 0 Å². The van der Waals surface area contributed by atoms with Crippen molar-refractivity contribution < 1.29 is 29.6 Å². The third kappa shape index (κ3) is 5.01. The molecule has 0 spiro atoms. The summed E-state index contributed by atoms with van der Waals surface area (Å²) < 4.78 is 5.00. The maximum atomic E-state index is 11.5. The van der Waals surface area contributed by atoms with Crippen LogP contribution in [0.2, 0.25) is 0 Å². The number of nitrogens with one attached hydrogen (secondary N) is 1. The zero-order chi connectivity index (χ0) is 16.9. The van der Waals surface area contributed by atoms with Gasteiger partial charge in [-0.05, 0) is 26.8 Å². The van der Waals surface area contributed by atoms with E-state index in [1.165, 1.54) is 18.2 Å². The second-order valence-corrected chi connectivity index (χ2v) is 5.80. The van der Waals surface area contributed by atoms with Crippen molar-refractivity contribution in [2.75, 3.05) is 6.54 Å². The van der Waals surface area contributed by atoms with E-state index in [9.17, 15) is 24.9 Å². The van der Waals surface area contributed by atoms with E-state index in [4.69, 9.17) is 4.74 Å². The fraction of sp³-hybridized carbons (Fsp3) is 0.467. The van der Waals surface area contributed by atoms with Gasteiger partial charge in [-0.3, -0.25) is 4.79 Å². The molecule has 0 radical (unpaired) electrons. The summed E-state index contributed by atoms with van der Waals surface area (Å²) in [6.07, 6.45) is -3.13. The van der Waals surface area contributed by atoms with Gasteiger partial charge in [-0.15, -0.1) is 0 Å². The zero-order valence-electron chi connectivity index (χ0n) is 12.7. The van der Waals surface area contributed by atoms with Gasteiger partial charge in [0.05, 0.1) is 5.56 Å². The molecular weight excluding hydrogens is 290 g/mol. The maximum Gasteiger partial charge on any atom is 0.407 e. The van der Waals surface area contributed by atoms with Crippen molar-refractivity contribution in [2.24, 2.45) is 0 Å². The Morgan fingerprint density at radius 2 is 2.00 bits per heavy atom. The molecule has 0 saturated heterocycles. The topological polar surface area (TPSA) is 116 Å². The molecule has 1 aromatic carbocycles. The average molecular weight is 311 g/mol. The van der Waals surface area contributed by atoms with E-state index < -0.39 is 29.7 Å². The minimum absolute atomic E-state index is 0.00286. The van der Waals surface area contributed by atoms with Crippen molar-refractivity contribution in [3.05, 3.63) is 29.3 Å². The quantitative estimate of drug-likeness (QED) is 0.606. The van der Waals surface area contributed by atoms with Crippen LogP contribution in [0.15, 0.2) is 18.2 Å². The Kier molecular flexibility index (Phi) is 5.90. The third-order valence-corrected chi connectivity index (χ3v) is 2.76.